The largest absolute Gasteiger partial charge is 0.356 e. The van der Waals surface area contributed by atoms with Gasteiger partial charge in [-0.25, -0.2) is 0 Å². The Morgan fingerprint density at radius 2 is 1.72 bits per heavy atom. The van der Waals surface area contributed by atoms with Crippen LogP contribution in [0.5, 0.6) is 0 Å². The van der Waals surface area contributed by atoms with Gasteiger partial charge in [-0.2, -0.15) is 0 Å². The summed E-state index contributed by atoms with van der Waals surface area (Å²) < 4.78 is 0. The topological polar surface area (TPSA) is 46.2 Å². The van der Waals surface area contributed by atoms with Crippen molar-refractivity contribution in [1.82, 2.24) is 5.32 Å². The summed E-state index contributed by atoms with van der Waals surface area (Å²) >= 11 is 0. The van der Waals surface area contributed by atoms with Crippen molar-refractivity contribution in [2.75, 3.05) is 6.54 Å². The third kappa shape index (κ3) is 7.46. The standard InChI is InChI=1S/C15H29NO2/c1-6-12(2)13(17)10-8-7-9-11-16-14(18)15(3,4)5/h12H,6-11H2,1-5H3,(H,16,18). The molecule has 1 N–H and O–H groups in total. The van der Waals surface area contributed by atoms with Gasteiger partial charge in [-0.1, -0.05) is 41.0 Å². The molecule has 0 aromatic rings. The van der Waals surface area contributed by atoms with Crippen LogP contribution in [0.2, 0.25) is 0 Å². The maximum Gasteiger partial charge on any atom is 0.225 e. The lowest BCUT2D eigenvalue weighted by Crippen LogP contribution is -2.35. The van der Waals surface area contributed by atoms with Crippen LogP contribution in [0.15, 0.2) is 0 Å². The van der Waals surface area contributed by atoms with Crippen molar-refractivity contribution in [2.45, 2.75) is 66.7 Å². The molecule has 0 spiro atoms. The maximum absolute atomic E-state index is 11.6. The summed E-state index contributed by atoms with van der Waals surface area (Å²) in [6, 6.07) is 0. The number of nitrogens with one attached hydrogen (secondary N) is 1. The molecule has 1 unspecified atom stereocenters. The predicted molar refractivity (Wildman–Crippen MR) is 75.4 cm³/mol. The predicted octanol–water partition coefficient (Wildman–Crippen LogP) is 3.32. The third-order valence-corrected chi connectivity index (χ3v) is 3.23. The normalized spacial score (nSPS) is 13.2. The summed E-state index contributed by atoms with van der Waals surface area (Å²) in [5.74, 6) is 0.667. The number of unbranched alkanes of at least 4 members (excludes halogenated alkanes) is 2. The number of hydrogen-bond donors (Lipinski definition) is 1. The fourth-order valence-electron chi connectivity index (χ4n) is 1.54. The minimum atomic E-state index is -0.313. The van der Waals surface area contributed by atoms with Crippen molar-refractivity contribution in [3.05, 3.63) is 0 Å². The number of ketones is 1. The fourth-order valence-corrected chi connectivity index (χ4v) is 1.54. The molecule has 1 amide bonds. The molecule has 0 saturated heterocycles. The highest BCUT2D eigenvalue weighted by Gasteiger charge is 2.20. The van der Waals surface area contributed by atoms with Gasteiger partial charge in [-0.05, 0) is 19.3 Å². The first-order valence-corrected chi connectivity index (χ1v) is 7.10. The smallest absolute Gasteiger partial charge is 0.225 e. The van der Waals surface area contributed by atoms with Crippen LogP contribution in [-0.4, -0.2) is 18.2 Å². The molecule has 0 radical (unpaired) electrons. The van der Waals surface area contributed by atoms with E-state index in [1.54, 1.807) is 0 Å². The summed E-state index contributed by atoms with van der Waals surface area (Å²) in [4.78, 5) is 23.1. The van der Waals surface area contributed by atoms with Gasteiger partial charge in [0, 0.05) is 24.3 Å². The van der Waals surface area contributed by atoms with E-state index in [4.69, 9.17) is 0 Å². The average Bonchev–Trinajstić information content (AvgIpc) is 2.30. The van der Waals surface area contributed by atoms with E-state index in [0.717, 1.165) is 25.7 Å². The van der Waals surface area contributed by atoms with Gasteiger partial charge in [0.05, 0.1) is 0 Å². The molecule has 0 bridgehead atoms. The zero-order chi connectivity index (χ0) is 14.2. The third-order valence-electron chi connectivity index (χ3n) is 3.23. The number of hydrogen-bond acceptors (Lipinski definition) is 2. The van der Waals surface area contributed by atoms with Crippen molar-refractivity contribution in [1.29, 1.82) is 0 Å². The Morgan fingerprint density at radius 1 is 1.11 bits per heavy atom. The Labute approximate surface area is 112 Å². The summed E-state index contributed by atoms with van der Waals surface area (Å²) in [7, 11) is 0. The summed E-state index contributed by atoms with van der Waals surface area (Å²) in [6.45, 7) is 10.5. The summed E-state index contributed by atoms with van der Waals surface area (Å²) in [5.41, 5.74) is -0.313. The second-order valence-corrected chi connectivity index (χ2v) is 6.09. The minimum absolute atomic E-state index is 0.0955. The zero-order valence-electron chi connectivity index (χ0n) is 12.6. The van der Waals surface area contributed by atoms with Crippen LogP contribution in [0.3, 0.4) is 0 Å². The number of carbonyl (C=O) groups excluding carboxylic acids is 2. The molecule has 0 heterocycles. The molecular formula is C15H29NO2. The highest BCUT2D eigenvalue weighted by Crippen LogP contribution is 2.12. The van der Waals surface area contributed by atoms with Gasteiger partial charge in [-0.15, -0.1) is 0 Å². The molecule has 0 saturated carbocycles. The molecule has 0 aromatic heterocycles. The average molecular weight is 255 g/mol. The molecule has 0 aromatic carbocycles. The number of amides is 1. The molecule has 3 heteroatoms. The van der Waals surface area contributed by atoms with Crippen LogP contribution in [0.1, 0.15) is 66.7 Å². The van der Waals surface area contributed by atoms with E-state index in [2.05, 4.69) is 5.32 Å². The molecule has 0 aliphatic heterocycles. The minimum Gasteiger partial charge on any atom is -0.356 e. The van der Waals surface area contributed by atoms with Crippen LogP contribution in [0.4, 0.5) is 0 Å². The molecule has 0 aliphatic rings. The van der Waals surface area contributed by atoms with Crippen molar-refractivity contribution < 1.29 is 9.59 Å². The van der Waals surface area contributed by atoms with Crippen molar-refractivity contribution in [2.24, 2.45) is 11.3 Å². The van der Waals surface area contributed by atoms with Crippen LogP contribution in [0.25, 0.3) is 0 Å². The Balaban J connectivity index is 3.53. The first-order chi connectivity index (χ1) is 8.29. The lowest BCUT2D eigenvalue weighted by atomic mass is 9.95. The molecule has 0 aliphatic carbocycles. The fraction of sp³-hybridized carbons (Fsp3) is 0.867. The quantitative estimate of drug-likeness (QED) is 0.676. The van der Waals surface area contributed by atoms with Crippen molar-refractivity contribution in [3.8, 4) is 0 Å². The summed E-state index contributed by atoms with van der Waals surface area (Å²) in [6.07, 6.45) is 4.51. The van der Waals surface area contributed by atoms with E-state index in [0.29, 0.717) is 18.7 Å². The molecule has 106 valence electrons. The Kier molecular flexibility index (Phi) is 7.88. The zero-order valence-corrected chi connectivity index (χ0v) is 12.6. The van der Waals surface area contributed by atoms with Gasteiger partial charge < -0.3 is 5.32 Å². The van der Waals surface area contributed by atoms with Gasteiger partial charge in [-0.3, -0.25) is 9.59 Å². The molecule has 1 atom stereocenters. The van der Waals surface area contributed by atoms with E-state index in [9.17, 15) is 9.59 Å². The second kappa shape index (κ2) is 8.28. The van der Waals surface area contributed by atoms with Gasteiger partial charge in [0.25, 0.3) is 0 Å². The highest BCUT2D eigenvalue weighted by atomic mass is 16.2. The van der Waals surface area contributed by atoms with Gasteiger partial charge >= 0.3 is 0 Å². The second-order valence-electron chi connectivity index (χ2n) is 6.09. The van der Waals surface area contributed by atoms with Crippen LogP contribution in [0, 0.1) is 11.3 Å². The van der Waals surface area contributed by atoms with Crippen LogP contribution in [-0.2, 0) is 9.59 Å². The van der Waals surface area contributed by atoms with E-state index < -0.39 is 0 Å². The molecular weight excluding hydrogens is 226 g/mol. The molecule has 0 fully saturated rings. The summed E-state index contributed by atoms with van der Waals surface area (Å²) in [5, 5.41) is 2.92. The number of carbonyl (C=O) groups is 2. The lowest BCUT2D eigenvalue weighted by molar-refractivity contribution is -0.128. The Hall–Kier alpha value is -0.860. The molecule has 3 nitrogen and oxygen atoms in total. The first-order valence-electron chi connectivity index (χ1n) is 7.10. The van der Waals surface area contributed by atoms with Crippen molar-refractivity contribution in [3.63, 3.8) is 0 Å². The van der Waals surface area contributed by atoms with Gasteiger partial charge in [0.15, 0.2) is 0 Å². The monoisotopic (exact) mass is 255 g/mol. The maximum atomic E-state index is 11.6. The lowest BCUT2D eigenvalue weighted by Gasteiger charge is -2.17. The van der Waals surface area contributed by atoms with Gasteiger partial charge in [0.2, 0.25) is 5.91 Å². The molecule has 18 heavy (non-hydrogen) atoms. The van der Waals surface area contributed by atoms with E-state index in [1.165, 1.54) is 0 Å². The Morgan fingerprint density at radius 3 is 2.22 bits per heavy atom. The van der Waals surface area contributed by atoms with Crippen LogP contribution < -0.4 is 5.32 Å². The SMILES string of the molecule is CCC(C)C(=O)CCCCCNC(=O)C(C)(C)C. The van der Waals surface area contributed by atoms with Crippen molar-refractivity contribution >= 4 is 11.7 Å². The van der Waals surface area contributed by atoms with E-state index in [-0.39, 0.29) is 17.2 Å². The number of Topliss-reactive ketones (excluding diaryl/α,β-unsaturated/α-hetero) is 1. The number of rotatable bonds is 8. The van der Waals surface area contributed by atoms with E-state index in [1.807, 2.05) is 34.6 Å². The van der Waals surface area contributed by atoms with Crippen LogP contribution >= 0.6 is 0 Å². The van der Waals surface area contributed by atoms with Gasteiger partial charge in [0.1, 0.15) is 5.78 Å². The van der Waals surface area contributed by atoms with E-state index >= 15 is 0 Å². The highest BCUT2D eigenvalue weighted by molar-refractivity contribution is 5.81. The Bertz CT molecular complexity index is 266. The first kappa shape index (κ1) is 17.1. The molecule has 0 rings (SSSR count).